The fourth-order valence-corrected chi connectivity index (χ4v) is 9.49. The fourth-order valence-electron chi connectivity index (χ4n) is 5.54. The lowest BCUT2D eigenvalue weighted by Crippen LogP contribution is -2.66. The van der Waals surface area contributed by atoms with Gasteiger partial charge in [0.2, 0.25) is 5.91 Å². The molecule has 8 nitrogen and oxygen atoms in total. The van der Waals surface area contributed by atoms with E-state index in [0.29, 0.717) is 32.5 Å². The summed E-state index contributed by atoms with van der Waals surface area (Å²) in [6, 6.07) is 7.10. The zero-order chi connectivity index (χ0) is 24.1. The Labute approximate surface area is 208 Å². The minimum absolute atomic E-state index is 0.0924. The Morgan fingerprint density at radius 1 is 1.35 bits per heavy atom. The van der Waals surface area contributed by atoms with Crippen LogP contribution in [-0.4, -0.2) is 74.6 Å². The lowest BCUT2D eigenvalue weighted by Gasteiger charge is -2.44. The Morgan fingerprint density at radius 2 is 2.12 bits per heavy atom. The SMILES string of the molecule is CC1(C)SC2(C[C@@H](N)CS2)N[C@@]1(C=O)CN1Cc2ccccc2C[C@H]1C(=O)N[C@H]1CCOC1=O. The van der Waals surface area contributed by atoms with Crippen molar-refractivity contribution < 1.29 is 19.1 Å². The minimum atomic E-state index is -0.855. The zero-order valence-electron chi connectivity index (χ0n) is 19.5. The molecule has 4 heterocycles. The van der Waals surface area contributed by atoms with Crippen molar-refractivity contribution in [1.82, 2.24) is 15.5 Å². The number of thioether (sulfide) groups is 2. The van der Waals surface area contributed by atoms with Crippen LogP contribution < -0.4 is 16.4 Å². The first-order valence-electron chi connectivity index (χ1n) is 11.8. The molecule has 0 saturated carbocycles. The molecule has 1 aromatic carbocycles. The van der Waals surface area contributed by atoms with Crippen LogP contribution in [-0.2, 0) is 32.1 Å². The molecule has 5 atom stereocenters. The standard InChI is InChI=1S/C24H32N4O4S2/c1-22(2)23(14-29,27-24(34-22)10-17(25)12-33-24)13-28-11-16-6-4-3-5-15(16)9-19(28)20(30)26-18-7-8-32-21(18)31/h3-6,14,17-19,27H,7-13,25H2,1-2H3,(H,26,30)/t17-,18+,19+,23-,24?/m1/s1. The third-order valence-electron chi connectivity index (χ3n) is 7.52. The van der Waals surface area contributed by atoms with E-state index in [9.17, 15) is 14.4 Å². The third kappa shape index (κ3) is 4.17. The summed E-state index contributed by atoms with van der Waals surface area (Å²) < 4.78 is 4.32. The summed E-state index contributed by atoms with van der Waals surface area (Å²) in [5, 5.41) is 6.59. The number of aldehydes is 1. The number of esters is 1. The number of hydrogen-bond acceptors (Lipinski definition) is 9. The molecule has 0 radical (unpaired) electrons. The highest BCUT2D eigenvalue weighted by molar-refractivity contribution is 8.19. The van der Waals surface area contributed by atoms with Gasteiger partial charge in [0.1, 0.15) is 22.1 Å². The maximum Gasteiger partial charge on any atom is 0.328 e. The van der Waals surface area contributed by atoms with Gasteiger partial charge in [0.15, 0.2) is 0 Å². The van der Waals surface area contributed by atoms with E-state index in [1.54, 1.807) is 23.5 Å². The Kier molecular flexibility index (Phi) is 6.25. The van der Waals surface area contributed by atoms with Gasteiger partial charge in [-0.1, -0.05) is 24.3 Å². The highest BCUT2D eigenvalue weighted by atomic mass is 32.2. The summed E-state index contributed by atoms with van der Waals surface area (Å²) in [5.74, 6) is 0.270. The Balaban J connectivity index is 1.43. The fraction of sp³-hybridized carbons (Fsp3) is 0.625. The molecule has 1 amide bonds. The minimum Gasteiger partial charge on any atom is -0.464 e. The van der Waals surface area contributed by atoms with E-state index in [0.717, 1.165) is 29.6 Å². The predicted molar refractivity (Wildman–Crippen MR) is 133 cm³/mol. The molecule has 0 bridgehead atoms. The first-order chi connectivity index (χ1) is 16.2. The van der Waals surface area contributed by atoms with Crippen LogP contribution in [0.15, 0.2) is 24.3 Å². The highest BCUT2D eigenvalue weighted by Gasteiger charge is 2.62. The van der Waals surface area contributed by atoms with Crippen LogP contribution in [0.25, 0.3) is 0 Å². The lowest BCUT2D eigenvalue weighted by atomic mass is 9.84. The molecule has 1 spiro atoms. The normalized spacial score (nSPS) is 36.9. The molecule has 5 rings (SSSR count). The summed E-state index contributed by atoms with van der Waals surface area (Å²) >= 11 is 3.55. The number of amides is 1. The van der Waals surface area contributed by atoms with Crippen LogP contribution in [0.2, 0.25) is 0 Å². The van der Waals surface area contributed by atoms with Crippen molar-refractivity contribution in [3.63, 3.8) is 0 Å². The molecule has 3 fully saturated rings. The van der Waals surface area contributed by atoms with Crippen LogP contribution in [0.5, 0.6) is 0 Å². The van der Waals surface area contributed by atoms with Gasteiger partial charge < -0.3 is 20.6 Å². The van der Waals surface area contributed by atoms with Crippen LogP contribution in [0.4, 0.5) is 0 Å². The maximum absolute atomic E-state index is 13.4. The van der Waals surface area contributed by atoms with E-state index in [4.69, 9.17) is 10.5 Å². The molecule has 34 heavy (non-hydrogen) atoms. The van der Waals surface area contributed by atoms with E-state index in [-0.39, 0.29) is 22.1 Å². The molecule has 4 N–H and O–H groups in total. The van der Waals surface area contributed by atoms with Gasteiger partial charge in [-0.15, -0.1) is 23.5 Å². The Bertz CT molecular complexity index is 1010. The second kappa shape index (κ2) is 8.81. The van der Waals surface area contributed by atoms with Gasteiger partial charge in [0.05, 0.1) is 12.6 Å². The second-order valence-corrected chi connectivity index (χ2v) is 13.8. The van der Waals surface area contributed by atoms with Gasteiger partial charge in [0.25, 0.3) is 0 Å². The third-order valence-corrected chi connectivity index (χ3v) is 10.9. The number of cyclic esters (lactones) is 1. The van der Waals surface area contributed by atoms with Crippen molar-refractivity contribution in [3.8, 4) is 0 Å². The molecular weight excluding hydrogens is 472 g/mol. The van der Waals surface area contributed by atoms with Crippen molar-refractivity contribution in [1.29, 1.82) is 0 Å². The first-order valence-corrected chi connectivity index (χ1v) is 13.6. The van der Waals surface area contributed by atoms with Crippen LogP contribution in [0.1, 0.15) is 37.8 Å². The maximum atomic E-state index is 13.4. The van der Waals surface area contributed by atoms with Gasteiger partial charge >= 0.3 is 5.97 Å². The van der Waals surface area contributed by atoms with Crippen molar-refractivity contribution in [2.24, 2.45) is 5.73 Å². The summed E-state index contributed by atoms with van der Waals surface area (Å²) in [6.07, 6.45) is 2.83. The quantitative estimate of drug-likeness (QED) is 0.399. The molecule has 0 aromatic heterocycles. The largest absolute Gasteiger partial charge is 0.464 e. The average Bonchev–Trinajstić information content (AvgIpc) is 3.42. The van der Waals surface area contributed by atoms with Gasteiger partial charge in [-0.05, 0) is 31.4 Å². The Hall–Kier alpha value is -1.59. The van der Waals surface area contributed by atoms with Crippen LogP contribution in [0, 0.1) is 0 Å². The van der Waals surface area contributed by atoms with Gasteiger partial charge in [0, 0.05) is 42.5 Å². The topological polar surface area (TPSA) is 114 Å². The van der Waals surface area contributed by atoms with Crippen molar-refractivity contribution >= 4 is 41.7 Å². The number of ether oxygens (including phenoxy) is 1. The molecule has 0 aliphatic carbocycles. The van der Waals surface area contributed by atoms with Gasteiger partial charge in [-0.3, -0.25) is 15.0 Å². The summed E-state index contributed by atoms with van der Waals surface area (Å²) in [6.45, 7) is 5.46. The molecule has 4 aliphatic rings. The number of hydrogen-bond donors (Lipinski definition) is 3. The molecule has 4 aliphatic heterocycles. The molecule has 3 saturated heterocycles. The molecular formula is C24H32N4O4S2. The number of nitrogens with two attached hydrogens (primary N) is 1. The monoisotopic (exact) mass is 504 g/mol. The van der Waals surface area contributed by atoms with E-state index in [1.165, 1.54) is 0 Å². The van der Waals surface area contributed by atoms with E-state index >= 15 is 0 Å². The van der Waals surface area contributed by atoms with Crippen molar-refractivity contribution in [2.45, 2.75) is 72.3 Å². The van der Waals surface area contributed by atoms with Crippen molar-refractivity contribution in [3.05, 3.63) is 35.4 Å². The highest BCUT2D eigenvalue weighted by Crippen LogP contribution is 2.58. The number of nitrogens with one attached hydrogen (secondary N) is 2. The van der Waals surface area contributed by atoms with Gasteiger partial charge in [-0.2, -0.15) is 0 Å². The van der Waals surface area contributed by atoms with Crippen LogP contribution in [0.3, 0.4) is 0 Å². The first kappa shape index (κ1) is 24.1. The zero-order valence-corrected chi connectivity index (χ0v) is 21.2. The molecule has 1 aromatic rings. The second-order valence-electron chi connectivity index (χ2n) is 10.3. The average molecular weight is 505 g/mol. The number of nitrogens with zero attached hydrogens (tertiary/aromatic N) is 1. The van der Waals surface area contributed by atoms with Crippen LogP contribution >= 0.6 is 23.5 Å². The van der Waals surface area contributed by atoms with E-state index in [1.807, 2.05) is 18.2 Å². The van der Waals surface area contributed by atoms with Crippen molar-refractivity contribution in [2.75, 3.05) is 18.9 Å². The van der Waals surface area contributed by atoms with Gasteiger partial charge in [-0.25, -0.2) is 4.79 Å². The molecule has 1 unspecified atom stereocenters. The predicted octanol–water partition coefficient (Wildman–Crippen LogP) is 1.02. The number of carbonyl (C=O) groups is 3. The number of rotatable bonds is 5. The smallest absolute Gasteiger partial charge is 0.328 e. The molecule has 10 heteroatoms. The number of fused-ring (bicyclic) bond motifs is 1. The molecule has 184 valence electrons. The number of carbonyl (C=O) groups excluding carboxylic acids is 3. The van der Waals surface area contributed by atoms with E-state index in [2.05, 4.69) is 35.4 Å². The van der Waals surface area contributed by atoms with E-state index < -0.39 is 22.4 Å². The Morgan fingerprint density at radius 3 is 2.76 bits per heavy atom. The summed E-state index contributed by atoms with van der Waals surface area (Å²) in [5.41, 5.74) is 7.65. The summed E-state index contributed by atoms with van der Waals surface area (Å²) in [7, 11) is 0. The number of benzene rings is 1. The summed E-state index contributed by atoms with van der Waals surface area (Å²) in [4.78, 5) is 40.3. The lowest BCUT2D eigenvalue weighted by molar-refractivity contribution is -0.142.